The van der Waals surface area contributed by atoms with Gasteiger partial charge in [-0.05, 0) is 49.2 Å². The number of rotatable bonds is 5. The topological polar surface area (TPSA) is 90.0 Å². The molecule has 0 bridgehead atoms. The first-order valence-corrected chi connectivity index (χ1v) is 11.6. The van der Waals surface area contributed by atoms with Crippen molar-refractivity contribution in [3.05, 3.63) is 53.6 Å². The minimum absolute atomic E-state index is 0.0823. The van der Waals surface area contributed by atoms with Gasteiger partial charge in [0.25, 0.3) is 0 Å². The molecular weight excluding hydrogens is 416 g/mol. The summed E-state index contributed by atoms with van der Waals surface area (Å²) in [5.74, 6) is -0.779. The summed E-state index contributed by atoms with van der Waals surface area (Å²) < 4.78 is 27.9. The average Bonchev–Trinajstić information content (AvgIpc) is 3.21. The van der Waals surface area contributed by atoms with Gasteiger partial charge in [0.15, 0.2) is 0 Å². The molecule has 2 aliphatic heterocycles. The maximum absolute atomic E-state index is 12.7. The monoisotopic (exact) mass is 442 g/mol. The van der Waals surface area contributed by atoms with E-state index in [4.69, 9.17) is 0 Å². The van der Waals surface area contributed by atoms with Crippen LogP contribution in [0.4, 0.5) is 17.1 Å². The zero-order chi connectivity index (χ0) is 22.3. The molecular formula is C22H26N4O4S. The first-order chi connectivity index (χ1) is 14.7. The molecule has 164 valence electrons. The Hall–Kier alpha value is -3.07. The molecule has 0 aromatic heterocycles. The van der Waals surface area contributed by atoms with Crippen LogP contribution in [-0.2, 0) is 19.8 Å². The van der Waals surface area contributed by atoms with Crippen molar-refractivity contribution in [1.82, 2.24) is 5.32 Å². The van der Waals surface area contributed by atoms with Crippen molar-refractivity contribution < 1.29 is 18.0 Å². The number of para-hydroxylation sites is 2. The van der Waals surface area contributed by atoms with E-state index < -0.39 is 16.1 Å². The average molecular weight is 443 g/mol. The quantitative estimate of drug-likeness (QED) is 0.767. The van der Waals surface area contributed by atoms with Gasteiger partial charge in [0.1, 0.15) is 0 Å². The highest BCUT2D eigenvalue weighted by Crippen LogP contribution is 2.39. The lowest BCUT2D eigenvalue weighted by Gasteiger charge is -2.20. The fourth-order valence-electron chi connectivity index (χ4n) is 4.02. The van der Waals surface area contributed by atoms with Gasteiger partial charge < -0.3 is 10.2 Å². The van der Waals surface area contributed by atoms with Crippen molar-refractivity contribution in [1.29, 1.82) is 0 Å². The van der Waals surface area contributed by atoms with Crippen molar-refractivity contribution in [3.63, 3.8) is 0 Å². The Balaban J connectivity index is 1.38. The maximum atomic E-state index is 12.7. The Bertz CT molecular complexity index is 1150. The fourth-order valence-corrected chi connectivity index (χ4v) is 5.45. The molecule has 0 spiro atoms. The second kappa shape index (κ2) is 7.88. The number of benzene rings is 2. The second-order valence-corrected chi connectivity index (χ2v) is 9.89. The molecule has 1 N–H and O–H groups in total. The van der Waals surface area contributed by atoms with Gasteiger partial charge in [0, 0.05) is 32.2 Å². The number of hydrogen-bond donors (Lipinski definition) is 1. The molecule has 1 saturated heterocycles. The molecule has 31 heavy (non-hydrogen) atoms. The number of nitrogens with one attached hydrogen (secondary N) is 1. The molecule has 0 radical (unpaired) electrons. The Morgan fingerprint density at radius 2 is 1.81 bits per heavy atom. The van der Waals surface area contributed by atoms with Gasteiger partial charge in [-0.15, -0.1) is 0 Å². The van der Waals surface area contributed by atoms with Crippen molar-refractivity contribution in [2.75, 3.05) is 40.2 Å². The number of amides is 2. The standard InChI is InChI=1S/C22H26N4O4S/c1-15-8-9-18(12-16(15)2)25-14-17(13-21(25)27)22(28)23-10-11-26-20-7-5-4-6-19(20)24(3)31(26,29)30/h4-9,12,17H,10-11,13-14H2,1-3H3,(H,23,28)/t17-/m0/s1. The van der Waals surface area contributed by atoms with E-state index in [9.17, 15) is 18.0 Å². The van der Waals surface area contributed by atoms with Crippen LogP contribution in [0.3, 0.4) is 0 Å². The third-order valence-corrected chi connectivity index (χ3v) is 7.85. The van der Waals surface area contributed by atoms with Crippen LogP contribution in [0.25, 0.3) is 0 Å². The van der Waals surface area contributed by atoms with Crippen molar-refractivity contribution in [3.8, 4) is 0 Å². The first kappa shape index (κ1) is 21.2. The second-order valence-electron chi connectivity index (χ2n) is 8.00. The number of nitrogens with zero attached hydrogens (tertiary/aromatic N) is 3. The van der Waals surface area contributed by atoms with Crippen molar-refractivity contribution in [2.45, 2.75) is 20.3 Å². The predicted molar refractivity (Wildman–Crippen MR) is 120 cm³/mol. The molecule has 9 heteroatoms. The molecule has 2 aromatic carbocycles. The summed E-state index contributed by atoms with van der Waals surface area (Å²) in [5, 5.41) is 2.81. The van der Waals surface area contributed by atoms with Crippen LogP contribution in [0.2, 0.25) is 0 Å². The van der Waals surface area contributed by atoms with E-state index in [1.807, 2.05) is 32.0 Å². The van der Waals surface area contributed by atoms with Gasteiger partial charge in [-0.3, -0.25) is 13.9 Å². The Kier molecular flexibility index (Phi) is 5.38. The third kappa shape index (κ3) is 3.74. The summed E-state index contributed by atoms with van der Waals surface area (Å²) in [7, 11) is -2.14. The van der Waals surface area contributed by atoms with E-state index >= 15 is 0 Å². The fraction of sp³-hybridized carbons (Fsp3) is 0.364. The van der Waals surface area contributed by atoms with E-state index in [-0.39, 0.29) is 31.3 Å². The van der Waals surface area contributed by atoms with Gasteiger partial charge >= 0.3 is 10.2 Å². The SMILES string of the molecule is Cc1ccc(N2C[C@@H](C(=O)NCCN3c4ccccc4N(C)S3(=O)=O)CC2=O)cc1C. The first-order valence-electron chi connectivity index (χ1n) is 10.2. The van der Waals surface area contributed by atoms with E-state index in [0.717, 1.165) is 16.8 Å². The summed E-state index contributed by atoms with van der Waals surface area (Å²) in [4.78, 5) is 26.8. The molecule has 0 unspecified atom stereocenters. The smallest absolute Gasteiger partial charge is 0.326 e. The molecule has 2 heterocycles. The van der Waals surface area contributed by atoms with Crippen LogP contribution in [0, 0.1) is 19.8 Å². The number of fused-ring (bicyclic) bond motifs is 1. The van der Waals surface area contributed by atoms with Crippen LogP contribution in [-0.4, -0.2) is 46.9 Å². The summed E-state index contributed by atoms with van der Waals surface area (Å²) in [5.41, 5.74) is 4.24. The van der Waals surface area contributed by atoms with Gasteiger partial charge in [-0.25, -0.2) is 4.31 Å². The number of carbonyl (C=O) groups is 2. The molecule has 2 amide bonds. The van der Waals surface area contributed by atoms with Crippen LogP contribution in [0.5, 0.6) is 0 Å². The van der Waals surface area contributed by atoms with E-state index in [1.165, 1.54) is 15.7 Å². The lowest BCUT2D eigenvalue weighted by molar-refractivity contribution is -0.126. The summed E-state index contributed by atoms with van der Waals surface area (Å²) in [6, 6.07) is 12.9. The molecule has 0 aliphatic carbocycles. The highest BCUT2D eigenvalue weighted by atomic mass is 32.2. The van der Waals surface area contributed by atoms with Gasteiger partial charge in [0.2, 0.25) is 11.8 Å². The van der Waals surface area contributed by atoms with Crippen LogP contribution in [0.1, 0.15) is 17.5 Å². The van der Waals surface area contributed by atoms with Gasteiger partial charge in [0.05, 0.1) is 23.8 Å². The predicted octanol–water partition coefficient (Wildman–Crippen LogP) is 1.97. The van der Waals surface area contributed by atoms with Crippen molar-refractivity contribution in [2.24, 2.45) is 5.92 Å². The highest BCUT2D eigenvalue weighted by Gasteiger charge is 2.38. The summed E-state index contributed by atoms with van der Waals surface area (Å²) in [6.45, 7) is 4.61. The largest absolute Gasteiger partial charge is 0.354 e. The third-order valence-electron chi connectivity index (χ3n) is 6.03. The van der Waals surface area contributed by atoms with E-state index in [1.54, 1.807) is 29.2 Å². The number of anilines is 3. The number of hydrogen-bond acceptors (Lipinski definition) is 4. The zero-order valence-electron chi connectivity index (χ0n) is 17.8. The maximum Gasteiger partial charge on any atom is 0.326 e. The van der Waals surface area contributed by atoms with Crippen LogP contribution >= 0.6 is 0 Å². The van der Waals surface area contributed by atoms with Crippen LogP contribution < -0.4 is 18.8 Å². The Morgan fingerprint density at radius 1 is 1.10 bits per heavy atom. The molecule has 8 nitrogen and oxygen atoms in total. The molecule has 4 rings (SSSR count). The Morgan fingerprint density at radius 3 is 2.52 bits per heavy atom. The van der Waals surface area contributed by atoms with Gasteiger partial charge in [-0.2, -0.15) is 8.42 Å². The lowest BCUT2D eigenvalue weighted by atomic mass is 10.1. The summed E-state index contributed by atoms with van der Waals surface area (Å²) in [6.07, 6.45) is 0.145. The minimum Gasteiger partial charge on any atom is -0.354 e. The zero-order valence-corrected chi connectivity index (χ0v) is 18.6. The Labute approximate surface area is 182 Å². The molecule has 0 saturated carbocycles. The number of aryl methyl sites for hydroxylation is 2. The number of carbonyl (C=O) groups excluding carboxylic acids is 2. The highest BCUT2D eigenvalue weighted by molar-refractivity contribution is 7.94. The molecule has 2 aromatic rings. The molecule has 2 aliphatic rings. The summed E-state index contributed by atoms with van der Waals surface area (Å²) >= 11 is 0. The van der Waals surface area contributed by atoms with E-state index in [0.29, 0.717) is 17.9 Å². The van der Waals surface area contributed by atoms with Crippen LogP contribution in [0.15, 0.2) is 42.5 Å². The van der Waals surface area contributed by atoms with Crippen molar-refractivity contribution >= 4 is 39.1 Å². The lowest BCUT2D eigenvalue weighted by Crippen LogP contribution is -2.42. The minimum atomic E-state index is -3.65. The molecule has 1 atom stereocenters. The van der Waals surface area contributed by atoms with Gasteiger partial charge in [-0.1, -0.05) is 18.2 Å². The molecule has 1 fully saturated rings. The van der Waals surface area contributed by atoms with E-state index in [2.05, 4.69) is 5.32 Å². The normalized spacial score (nSPS) is 19.6.